The first kappa shape index (κ1) is 19.4. The van der Waals surface area contributed by atoms with Crippen LogP contribution >= 0.6 is 27.7 Å². The van der Waals surface area contributed by atoms with Crippen LogP contribution in [0, 0.1) is 5.82 Å². The molecule has 0 aliphatic heterocycles. The molecule has 0 aliphatic rings. The Morgan fingerprint density at radius 1 is 1.14 bits per heavy atom. The Kier molecular flexibility index (Phi) is 5.50. The van der Waals surface area contributed by atoms with Crippen LogP contribution in [0.25, 0.3) is 10.9 Å². The Bertz CT molecular complexity index is 1250. The SMILES string of the molecule is CSc1nc(Nc2ccc(Oc3cccc(F)c3)cc2)c2c(=O)[nH]cc(Br)c2n1. The molecule has 2 aromatic heterocycles. The summed E-state index contributed by atoms with van der Waals surface area (Å²) in [5.41, 5.74) is 0.953. The number of thioether (sulfide) groups is 1. The zero-order valence-electron chi connectivity index (χ0n) is 15.1. The number of anilines is 2. The van der Waals surface area contributed by atoms with E-state index >= 15 is 0 Å². The number of nitrogens with zero attached hydrogens (tertiary/aromatic N) is 2. The summed E-state index contributed by atoms with van der Waals surface area (Å²) < 4.78 is 19.6. The number of benzene rings is 2. The zero-order valence-corrected chi connectivity index (χ0v) is 17.5. The molecule has 2 N–H and O–H groups in total. The van der Waals surface area contributed by atoms with Gasteiger partial charge in [0.25, 0.3) is 5.56 Å². The second-order valence-corrected chi connectivity index (χ2v) is 7.58. The van der Waals surface area contributed by atoms with Crippen molar-refractivity contribution < 1.29 is 9.13 Å². The molecule has 6 nitrogen and oxygen atoms in total. The van der Waals surface area contributed by atoms with Crippen molar-refractivity contribution in [3.8, 4) is 11.5 Å². The summed E-state index contributed by atoms with van der Waals surface area (Å²) in [7, 11) is 0. The lowest BCUT2D eigenvalue weighted by atomic mass is 10.2. The largest absolute Gasteiger partial charge is 0.457 e. The van der Waals surface area contributed by atoms with Crippen LogP contribution in [0.4, 0.5) is 15.9 Å². The quantitative estimate of drug-likeness (QED) is 0.295. The Hall–Kier alpha value is -2.91. The fourth-order valence-electron chi connectivity index (χ4n) is 2.69. The van der Waals surface area contributed by atoms with Gasteiger partial charge in [-0.2, -0.15) is 0 Å². The van der Waals surface area contributed by atoms with Crippen molar-refractivity contribution in [1.29, 1.82) is 0 Å². The Morgan fingerprint density at radius 3 is 2.66 bits per heavy atom. The summed E-state index contributed by atoms with van der Waals surface area (Å²) in [4.78, 5) is 23.9. The maximum atomic E-state index is 13.3. The maximum absolute atomic E-state index is 13.3. The molecule has 2 heterocycles. The van der Waals surface area contributed by atoms with Gasteiger partial charge in [-0.05, 0) is 58.6 Å². The molecule has 0 bridgehead atoms. The minimum absolute atomic E-state index is 0.288. The van der Waals surface area contributed by atoms with E-state index in [4.69, 9.17) is 4.74 Å². The van der Waals surface area contributed by atoms with Gasteiger partial charge in [-0.1, -0.05) is 17.8 Å². The molecule has 0 radical (unpaired) electrons. The van der Waals surface area contributed by atoms with Gasteiger partial charge >= 0.3 is 0 Å². The third kappa shape index (κ3) is 4.25. The molecule has 2 aromatic carbocycles. The van der Waals surface area contributed by atoms with Crippen molar-refractivity contribution in [3.63, 3.8) is 0 Å². The zero-order chi connectivity index (χ0) is 20.4. The van der Waals surface area contributed by atoms with Crippen molar-refractivity contribution in [2.45, 2.75) is 5.16 Å². The summed E-state index contributed by atoms with van der Waals surface area (Å²) in [5, 5.41) is 4.07. The van der Waals surface area contributed by atoms with E-state index in [0.29, 0.717) is 43.5 Å². The molecule has 29 heavy (non-hydrogen) atoms. The highest BCUT2D eigenvalue weighted by Gasteiger charge is 2.14. The summed E-state index contributed by atoms with van der Waals surface area (Å²) in [6.45, 7) is 0. The highest BCUT2D eigenvalue weighted by atomic mass is 79.9. The van der Waals surface area contributed by atoms with E-state index in [-0.39, 0.29) is 11.4 Å². The first-order valence-corrected chi connectivity index (χ1v) is 10.5. The predicted octanol–water partition coefficient (Wildman–Crippen LogP) is 5.48. The van der Waals surface area contributed by atoms with E-state index < -0.39 is 0 Å². The number of halogens is 2. The van der Waals surface area contributed by atoms with Gasteiger partial charge in [0.2, 0.25) is 0 Å². The molecule has 0 amide bonds. The standard InChI is InChI=1S/C20H14BrFN4O2S/c1-29-20-25-17-15(21)10-23-19(27)16(17)18(26-20)24-12-5-7-13(8-6-12)28-14-4-2-3-11(22)9-14/h2-10H,1H3,(H,23,27)(H,24,25,26). The first-order valence-electron chi connectivity index (χ1n) is 8.47. The summed E-state index contributed by atoms with van der Waals surface area (Å²) in [6.07, 6.45) is 3.43. The van der Waals surface area contributed by atoms with Crippen molar-refractivity contribution in [1.82, 2.24) is 15.0 Å². The predicted molar refractivity (Wildman–Crippen MR) is 116 cm³/mol. The smallest absolute Gasteiger partial charge is 0.261 e. The molecule has 146 valence electrons. The monoisotopic (exact) mass is 472 g/mol. The van der Waals surface area contributed by atoms with E-state index in [2.05, 4.69) is 36.2 Å². The highest BCUT2D eigenvalue weighted by Crippen LogP contribution is 2.29. The maximum Gasteiger partial charge on any atom is 0.261 e. The molecule has 0 unspecified atom stereocenters. The Morgan fingerprint density at radius 2 is 1.93 bits per heavy atom. The fraction of sp³-hybridized carbons (Fsp3) is 0.0500. The molecule has 0 atom stereocenters. The van der Waals surface area contributed by atoms with Crippen LogP contribution in [0.1, 0.15) is 0 Å². The van der Waals surface area contributed by atoms with E-state index in [0.717, 1.165) is 0 Å². The number of ether oxygens (including phenoxy) is 1. The van der Waals surface area contributed by atoms with Crippen molar-refractivity contribution in [2.24, 2.45) is 0 Å². The molecule has 0 spiro atoms. The number of H-pyrrole nitrogens is 1. The van der Waals surface area contributed by atoms with E-state index in [1.54, 1.807) is 42.6 Å². The topological polar surface area (TPSA) is 79.9 Å². The lowest BCUT2D eigenvalue weighted by molar-refractivity contribution is 0.477. The summed E-state index contributed by atoms with van der Waals surface area (Å²) in [5.74, 6) is 1.01. The van der Waals surface area contributed by atoms with Gasteiger partial charge < -0.3 is 15.0 Å². The molecule has 9 heteroatoms. The average molecular weight is 473 g/mol. The van der Waals surface area contributed by atoms with Crippen molar-refractivity contribution >= 4 is 50.1 Å². The minimum Gasteiger partial charge on any atom is -0.457 e. The van der Waals surface area contributed by atoms with Gasteiger partial charge in [0, 0.05) is 18.0 Å². The normalized spacial score (nSPS) is 10.9. The number of hydrogen-bond acceptors (Lipinski definition) is 6. The van der Waals surface area contributed by atoms with Crippen LogP contribution < -0.4 is 15.6 Å². The average Bonchev–Trinajstić information content (AvgIpc) is 2.72. The van der Waals surface area contributed by atoms with Crippen molar-refractivity contribution in [3.05, 3.63) is 75.4 Å². The number of pyridine rings is 1. The molecule has 4 aromatic rings. The molecule has 4 rings (SSSR count). The Balaban J connectivity index is 1.65. The molecule has 0 aliphatic carbocycles. The van der Waals surface area contributed by atoms with Crippen LogP contribution in [-0.4, -0.2) is 21.2 Å². The van der Waals surface area contributed by atoms with Crippen LogP contribution in [0.2, 0.25) is 0 Å². The third-order valence-electron chi connectivity index (χ3n) is 4.00. The first-order chi connectivity index (χ1) is 14.0. The third-order valence-corrected chi connectivity index (χ3v) is 5.16. The van der Waals surface area contributed by atoms with Gasteiger partial charge in [0.05, 0.1) is 9.99 Å². The second kappa shape index (κ2) is 8.22. The summed E-state index contributed by atoms with van der Waals surface area (Å²) in [6, 6.07) is 13.0. The Labute approximate surface area is 177 Å². The van der Waals surface area contributed by atoms with Gasteiger partial charge in [0.1, 0.15) is 28.5 Å². The molecular formula is C20H14BrFN4O2S. The van der Waals surface area contributed by atoms with E-state index in [1.165, 1.54) is 23.9 Å². The van der Waals surface area contributed by atoms with Crippen LogP contribution in [0.5, 0.6) is 11.5 Å². The van der Waals surface area contributed by atoms with Crippen LogP contribution in [-0.2, 0) is 0 Å². The fourth-order valence-corrected chi connectivity index (χ4v) is 3.46. The summed E-state index contributed by atoms with van der Waals surface area (Å²) >= 11 is 4.80. The minimum atomic E-state index is -0.364. The molecule has 0 saturated heterocycles. The number of fused-ring (bicyclic) bond motifs is 1. The lowest BCUT2D eigenvalue weighted by Gasteiger charge is -2.11. The van der Waals surface area contributed by atoms with Crippen LogP contribution in [0.15, 0.2) is 69.2 Å². The molecule has 0 saturated carbocycles. The number of nitrogens with one attached hydrogen (secondary N) is 2. The number of aromatic amines is 1. The van der Waals surface area contributed by atoms with Crippen LogP contribution in [0.3, 0.4) is 0 Å². The number of rotatable bonds is 5. The molecule has 0 fully saturated rings. The lowest BCUT2D eigenvalue weighted by Crippen LogP contribution is -2.11. The highest BCUT2D eigenvalue weighted by molar-refractivity contribution is 9.10. The van der Waals surface area contributed by atoms with Gasteiger partial charge in [-0.25, -0.2) is 14.4 Å². The van der Waals surface area contributed by atoms with Gasteiger partial charge in [0.15, 0.2) is 5.16 Å². The van der Waals surface area contributed by atoms with Gasteiger partial charge in [-0.15, -0.1) is 0 Å². The van der Waals surface area contributed by atoms with E-state index in [9.17, 15) is 9.18 Å². The number of hydrogen-bond donors (Lipinski definition) is 2. The second-order valence-electron chi connectivity index (χ2n) is 5.96. The van der Waals surface area contributed by atoms with Crippen molar-refractivity contribution in [2.75, 3.05) is 11.6 Å². The molecular weight excluding hydrogens is 459 g/mol. The van der Waals surface area contributed by atoms with Gasteiger partial charge in [-0.3, -0.25) is 4.79 Å². The van der Waals surface area contributed by atoms with E-state index in [1.807, 2.05) is 6.26 Å². The number of aromatic nitrogens is 3.